The lowest BCUT2D eigenvalue weighted by atomic mass is 10.1. The number of rotatable bonds is 7. The van der Waals surface area contributed by atoms with E-state index in [4.69, 9.17) is 9.26 Å². The molecule has 0 amide bonds. The van der Waals surface area contributed by atoms with Crippen LogP contribution in [0.2, 0.25) is 0 Å². The molecule has 0 saturated carbocycles. The van der Waals surface area contributed by atoms with Gasteiger partial charge in [0.2, 0.25) is 11.7 Å². The van der Waals surface area contributed by atoms with Crippen molar-refractivity contribution in [2.75, 3.05) is 11.8 Å². The number of methoxy groups -OCH3 is 1. The topological polar surface area (TPSA) is 94.3 Å². The molecule has 2 aromatic heterocycles. The molecule has 0 spiro atoms. The lowest BCUT2D eigenvalue weighted by molar-refractivity contribution is 0.386. The first-order valence-corrected chi connectivity index (χ1v) is 11.0. The maximum Gasteiger partial charge on any atom is 0.261 e. The van der Waals surface area contributed by atoms with Crippen LogP contribution in [0.3, 0.4) is 0 Å². The molecule has 29 heavy (non-hydrogen) atoms. The van der Waals surface area contributed by atoms with Crippen molar-refractivity contribution in [1.82, 2.24) is 10.1 Å². The summed E-state index contributed by atoms with van der Waals surface area (Å²) in [4.78, 5) is 5.46. The number of thiophene rings is 1. The van der Waals surface area contributed by atoms with E-state index in [1.165, 1.54) is 30.6 Å². The summed E-state index contributed by atoms with van der Waals surface area (Å²) < 4.78 is 38.6. The van der Waals surface area contributed by atoms with Gasteiger partial charge in [-0.15, -0.1) is 11.3 Å². The van der Waals surface area contributed by atoms with Crippen molar-refractivity contribution in [1.29, 1.82) is 0 Å². The number of para-hydroxylation sites is 1. The summed E-state index contributed by atoms with van der Waals surface area (Å²) >= 11 is 1.52. The highest BCUT2D eigenvalue weighted by Crippen LogP contribution is 2.25. The van der Waals surface area contributed by atoms with Crippen LogP contribution in [0, 0.1) is 0 Å². The number of benzene rings is 2. The largest absolute Gasteiger partial charge is 0.497 e. The quantitative estimate of drug-likeness (QED) is 0.475. The number of aromatic nitrogens is 2. The van der Waals surface area contributed by atoms with Gasteiger partial charge in [0.15, 0.2) is 0 Å². The van der Waals surface area contributed by atoms with Crippen molar-refractivity contribution >= 4 is 27.0 Å². The average molecular weight is 428 g/mol. The number of sulfonamides is 1. The molecule has 0 atom stereocenters. The van der Waals surface area contributed by atoms with Gasteiger partial charge >= 0.3 is 0 Å². The second-order valence-corrected chi connectivity index (χ2v) is 8.73. The Morgan fingerprint density at radius 3 is 2.59 bits per heavy atom. The van der Waals surface area contributed by atoms with Crippen molar-refractivity contribution in [2.24, 2.45) is 0 Å². The highest BCUT2D eigenvalue weighted by molar-refractivity contribution is 7.92. The molecule has 0 aliphatic heterocycles. The van der Waals surface area contributed by atoms with E-state index < -0.39 is 10.0 Å². The Bertz CT molecular complexity index is 1200. The molecule has 0 radical (unpaired) electrons. The SMILES string of the molecule is COc1ccc(S(=O)(=O)Nc2ccccc2Cc2nc(-c3cccs3)no2)cc1. The number of anilines is 1. The molecule has 0 aliphatic rings. The first-order valence-electron chi connectivity index (χ1n) is 8.66. The van der Waals surface area contributed by atoms with E-state index in [0.29, 0.717) is 29.6 Å². The minimum absolute atomic E-state index is 0.144. The highest BCUT2D eigenvalue weighted by Gasteiger charge is 2.18. The van der Waals surface area contributed by atoms with Gasteiger partial charge in [0, 0.05) is 0 Å². The van der Waals surface area contributed by atoms with E-state index in [9.17, 15) is 8.42 Å². The molecule has 4 aromatic rings. The fraction of sp³-hybridized carbons (Fsp3) is 0.100. The molecule has 1 N–H and O–H groups in total. The predicted octanol–water partition coefficient (Wildman–Crippen LogP) is 4.20. The van der Waals surface area contributed by atoms with Crippen LogP contribution in [0.25, 0.3) is 10.7 Å². The Labute approximate surface area is 172 Å². The van der Waals surface area contributed by atoms with E-state index in [-0.39, 0.29) is 4.90 Å². The van der Waals surface area contributed by atoms with Gasteiger partial charge in [-0.25, -0.2) is 8.42 Å². The summed E-state index contributed by atoms with van der Waals surface area (Å²) in [5.74, 6) is 1.51. The molecule has 7 nitrogen and oxygen atoms in total. The number of hydrogen-bond donors (Lipinski definition) is 1. The Balaban J connectivity index is 1.56. The Morgan fingerprint density at radius 2 is 1.86 bits per heavy atom. The van der Waals surface area contributed by atoms with Gasteiger partial charge in [-0.05, 0) is 47.3 Å². The highest BCUT2D eigenvalue weighted by atomic mass is 32.2. The van der Waals surface area contributed by atoms with Gasteiger partial charge in [0.25, 0.3) is 10.0 Å². The van der Waals surface area contributed by atoms with Gasteiger partial charge in [-0.3, -0.25) is 4.72 Å². The second-order valence-electron chi connectivity index (χ2n) is 6.10. The third kappa shape index (κ3) is 4.30. The van der Waals surface area contributed by atoms with Crippen LogP contribution >= 0.6 is 11.3 Å². The second kappa shape index (κ2) is 8.06. The Morgan fingerprint density at radius 1 is 1.07 bits per heavy atom. The van der Waals surface area contributed by atoms with E-state index in [1.807, 2.05) is 29.6 Å². The Kier molecular flexibility index (Phi) is 5.32. The van der Waals surface area contributed by atoms with Crippen molar-refractivity contribution in [3.8, 4) is 16.5 Å². The molecule has 0 saturated heterocycles. The summed E-state index contributed by atoms with van der Waals surface area (Å²) in [5, 5.41) is 5.94. The van der Waals surface area contributed by atoms with Gasteiger partial charge in [0.05, 0.1) is 29.0 Å². The molecule has 0 aliphatic carbocycles. The molecule has 0 bridgehead atoms. The average Bonchev–Trinajstić information content (AvgIpc) is 3.41. The minimum atomic E-state index is -3.75. The van der Waals surface area contributed by atoms with E-state index >= 15 is 0 Å². The summed E-state index contributed by atoms with van der Waals surface area (Å²) in [7, 11) is -2.23. The molecule has 9 heteroatoms. The molecule has 0 fully saturated rings. The zero-order chi connectivity index (χ0) is 20.3. The third-order valence-corrected chi connectivity index (χ3v) is 6.43. The third-order valence-electron chi connectivity index (χ3n) is 4.18. The summed E-state index contributed by atoms with van der Waals surface area (Å²) in [5.41, 5.74) is 1.19. The standard InChI is InChI=1S/C20H17N3O4S2/c1-26-15-8-10-16(11-9-15)29(24,25)23-17-6-3-2-5-14(17)13-19-21-20(22-27-19)18-7-4-12-28-18/h2-12,23H,13H2,1H3. The summed E-state index contributed by atoms with van der Waals surface area (Å²) in [6.07, 6.45) is 0.305. The lowest BCUT2D eigenvalue weighted by Gasteiger charge is -2.12. The number of nitrogens with zero attached hydrogens (tertiary/aromatic N) is 2. The van der Waals surface area contributed by atoms with Gasteiger partial charge in [-0.2, -0.15) is 4.98 Å². The lowest BCUT2D eigenvalue weighted by Crippen LogP contribution is -2.14. The number of ether oxygens (including phenoxy) is 1. The first-order chi connectivity index (χ1) is 14.0. The van der Waals surface area contributed by atoms with Crippen LogP contribution in [0.1, 0.15) is 11.5 Å². The molecule has 2 heterocycles. The van der Waals surface area contributed by atoms with Crippen molar-refractivity contribution in [3.05, 3.63) is 77.5 Å². The predicted molar refractivity (Wildman–Crippen MR) is 111 cm³/mol. The fourth-order valence-electron chi connectivity index (χ4n) is 2.73. The smallest absolute Gasteiger partial charge is 0.261 e. The molecule has 148 valence electrons. The fourth-order valence-corrected chi connectivity index (χ4v) is 4.48. The maximum atomic E-state index is 12.8. The van der Waals surface area contributed by atoms with Gasteiger partial charge in [-0.1, -0.05) is 29.4 Å². The van der Waals surface area contributed by atoms with E-state index in [0.717, 1.165) is 10.4 Å². The zero-order valence-corrected chi connectivity index (χ0v) is 17.0. The van der Waals surface area contributed by atoms with Gasteiger partial charge in [0.1, 0.15) is 5.75 Å². The Hall–Kier alpha value is -3.17. The van der Waals surface area contributed by atoms with Crippen molar-refractivity contribution < 1.29 is 17.7 Å². The zero-order valence-electron chi connectivity index (χ0n) is 15.4. The van der Waals surface area contributed by atoms with E-state index in [1.54, 1.807) is 24.3 Å². The van der Waals surface area contributed by atoms with Crippen molar-refractivity contribution in [3.63, 3.8) is 0 Å². The molecular weight excluding hydrogens is 410 g/mol. The number of hydrogen-bond acceptors (Lipinski definition) is 7. The molecule has 0 unspecified atom stereocenters. The minimum Gasteiger partial charge on any atom is -0.497 e. The van der Waals surface area contributed by atoms with Crippen LogP contribution in [-0.2, 0) is 16.4 Å². The van der Waals surface area contributed by atoms with Crippen LogP contribution in [-0.4, -0.2) is 25.7 Å². The van der Waals surface area contributed by atoms with Gasteiger partial charge < -0.3 is 9.26 Å². The van der Waals surface area contributed by atoms with E-state index in [2.05, 4.69) is 14.9 Å². The van der Waals surface area contributed by atoms with Crippen LogP contribution in [0.15, 0.2) is 75.5 Å². The first kappa shape index (κ1) is 19.2. The van der Waals surface area contributed by atoms with Crippen LogP contribution < -0.4 is 9.46 Å². The van der Waals surface area contributed by atoms with Crippen molar-refractivity contribution in [2.45, 2.75) is 11.3 Å². The summed E-state index contributed by atoms with van der Waals surface area (Å²) in [6.45, 7) is 0. The maximum absolute atomic E-state index is 12.8. The number of nitrogens with one attached hydrogen (secondary N) is 1. The molecule has 2 aromatic carbocycles. The molecule has 4 rings (SSSR count). The normalized spacial score (nSPS) is 11.3. The van der Waals surface area contributed by atoms with Crippen LogP contribution in [0.5, 0.6) is 5.75 Å². The summed E-state index contributed by atoms with van der Waals surface area (Å²) in [6, 6.07) is 17.1. The molecular formula is C20H17N3O4S2. The van der Waals surface area contributed by atoms with Crippen LogP contribution in [0.4, 0.5) is 5.69 Å². The monoisotopic (exact) mass is 427 g/mol.